The van der Waals surface area contributed by atoms with E-state index in [0.717, 1.165) is 5.75 Å². The van der Waals surface area contributed by atoms with Crippen molar-refractivity contribution in [3.63, 3.8) is 0 Å². The molecule has 1 heterocycles. The Kier molecular flexibility index (Phi) is 2.17. The third kappa shape index (κ3) is 1.53. The topological polar surface area (TPSA) is 12.4 Å². The molecular weight excluding hydrogens is 166 g/mol. The Hall–Kier alpha value is -0.760. The maximum absolute atomic E-state index is 4.54. The van der Waals surface area contributed by atoms with Gasteiger partial charge in [0.15, 0.2) is 0 Å². The Bertz CT molecular complexity index is 292. The normalized spacial score (nSPS) is 22.4. The molecular formula is C10H11NS. The van der Waals surface area contributed by atoms with Gasteiger partial charge in [0, 0.05) is 5.75 Å². The molecule has 0 saturated heterocycles. The lowest BCUT2D eigenvalue weighted by Gasteiger charge is -2.04. The predicted octanol–water partition coefficient (Wildman–Crippen LogP) is 2.89. The van der Waals surface area contributed by atoms with Crippen LogP contribution in [-0.4, -0.2) is 10.8 Å². The minimum absolute atomic E-state index is 0.399. The van der Waals surface area contributed by atoms with Gasteiger partial charge < -0.3 is 0 Å². The highest BCUT2D eigenvalue weighted by Gasteiger charge is 2.16. The molecule has 0 N–H and O–H groups in total. The Balaban J connectivity index is 2.22. The van der Waals surface area contributed by atoms with Gasteiger partial charge in [-0.15, -0.1) is 11.8 Å². The molecule has 12 heavy (non-hydrogen) atoms. The van der Waals surface area contributed by atoms with Crippen LogP contribution in [0, 0.1) is 0 Å². The van der Waals surface area contributed by atoms with Gasteiger partial charge in [0.2, 0.25) is 0 Å². The molecule has 1 nitrogen and oxygen atoms in total. The molecule has 1 atom stereocenters. The summed E-state index contributed by atoms with van der Waals surface area (Å²) in [6.07, 6.45) is 0. The minimum atomic E-state index is 0.399. The van der Waals surface area contributed by atoms with E-state index in [9.17, 15) is 0 Å². The first-order valence-electron chi connectivity index (χ1n) is 4.08. The van der Waals surface area contributed by atoms with Crippen LogP contribution in [0.3, 0.4) is 0 Å². The lowest BCUT2D eigenvalue weighted by Crippen LogP contribution is -1.92. The maximum Gasteiger partial charge on any atom is 0.0852 e. The smallest absolute Gasteiger partial charge is 0.0852 e. The van der Waals surface area contributed by atoms with Crippen LogP contribution in [0.1, 0.15) is 18.5 Å². The summed E-state index contributed by atoms with van der Waals surface area (Å²) >= 11 is 1.85. The van der Waals surface area contributed by atoms with E-state index in [-0.39, 0.29) is 0 Å². The lowest BCUT2D eigenvalue weighted by molar-refractivity contribution is 0.849. The second kappa shape index (κ2) is 3.31. The van der Waals surface area contributed by atoms with Crippen molar-refractivity contribution in [2.75, 3.05) is 5.75 Å². The number of nitrogens with zero attached hydrogens (tertiary/aromatic N) is 1. The molecule has 0 spiro atoms. The van der Waals surface area contributed by atoms with Gasteiger partial charge in [-0.25, -0.2) is 0 Å². The first kappa shape index (κ1) is 7.87. The molecule has 0 fully saturated rings. The van der Waals surface area contributed by atoms with Gasteiger partial charge in [-0.05, 0) is 12.5 Å². The standard InChI is InChI=1S/C10H11NS/c1-8-11-10(7-12-8)9-5-3-2-4-6-9/h2-6,10H,7H2,1H3/t10-/m0/s1. The summed E-state index contributed by atoms with van der Waals surface area (Å²) in [5, 5.41) is 1.21. The van der Waals surface area contributed by atoms with E-state index in [0.29, 0.717) is 6.04 Å². The number of hydrogen-bond donors (Lipinski definition) is 0. The van der Waals surface area contributed by atoms with Crippen molar-refractivity contribution in [3.05, 3.63) is 35.9 Å². The van der Waals surface area contributed by atoms with Crippen molar-refractivity contribution >= 4 is 16.8 Å². The Labute approximate surface area is 76.9 Å². The summed E-state index contributed by atoms with van der Waals surface area (Å²) < 4.78 is 0. The fourth-order valence-corrected chi connectivity index (χ4v) is 2.21. The number of aliphatic imine (C=N–C) groups is 1. The van der Waals surface area contributed by atoms with Crippen LogP contribution in [-0.2, 0) is 0 Å². The molecule has 0 unspecified atom stereocenters. The van der Waals surface area contributed by atoms with Crippen molar-refractivity contribution in [2.24, 2.45) is 4.99 Å². The molecule has 1 aromatic carbocycles. The monoisotopic (exact) mass is 177 g/mol. The van der Waals surface area contributed by atoms with Gasteiger partial charge in [0.1, 0.15) is 0 Å². The van der Waals surface area contributed by atoms with Crippen molar-refractivity contribution in [2.45, 2.75) is 13.0 Å². The van der Waals surface area contributed by atoms with Gasteiger partial charge in [-0.2, -0.15) is 0 Å². The summed E-state index contributed by atoms with van der Waals surface area (Å²) in [4.78, 5) is 4.54. The van der Waals surface area contributed by atoms with Gasteiger partial charge in [-0.3, -0.25) is 4.99 Å². The zero-order valence-electron chi connectivity index (χ0n) is 7.03. The zero-order valence-corrected chi connectivity index (χ0v) is 7.84. The number of hydrogen-bond acceptors (Lipinski definition) is 2. The van der Waals surface area contributed by atoms with Crippen LogP contribution in [0.4, 0.5) is 0 Å². The van der Waals surface area contributed by atoms with E-state index in [4.69, 9.17) is 0 Å². The summed E-state index contributed by atoms with van der Waals surface area (Å²) in [5.74, 6) is 1.11. The predicted molar refractivity (Wildman–Crippen MR) is 54.8 cm³/mol. The molecule has 0 radical (unpaired) electrons. The summed E-state index contributed by atoms with van der Waals surface area (Å²) in [7, 11) is 0. The van der Waals surface area contributed by atoms with Gasteiger partial charge in [0.05, 0.1) is 11.1 Å². The van der Waals surface area contributed by atoms with Crippen LogP contribution >= 0.6 is 11.8 Å². The second-order valence-electron chi connectivity index (χ2n) is 2.89. The van der Waals surface area contributed by atoms with E-state index < -0.39 is 0 Å². The van der Waals surface area contributed by atoms with E-state index in [1.165, 1.54) is 10.6 Å². The molecule has 2 heteroatoms. The Morgan fingerprint density at radius 3 is 2.67 bits per heavy atom. The highest BCUT2D eigenvalue weighted by atomic mass is 32.2. The SMILES string of the molecule is CC1=N[C@H](c2ccccc2)CS1. The Morgan fingerprint density at radius 2 is 2.08 bits per heavy atom. The zero-order chi connectivity index (χ0) is 8.39. The highest BCUT2D eigenvalue weighted by molar-refractivity contribution is 8.14. The third-order valence-corrected chi connectivity index (χ3v) is 2.98. The molecule has 1 aromatic rings. The summed E-state index contributed by atoms with van der Waals surface area (Å²) in [6.45, 7) is 2.08. The molecule has 2 rings (SSSR count). The molecule has 1 aliphatic rings. The van der Waals surface area contributed by atoms with Crippen LogP contribution in [0.15, 0.2) is 35.3 Å². The van der Waals surface area contributed by atoms with Crippen LogP contribution < -0.4 is 0 Å². The van der Waals surface area contributed by atoms with Crippen LogP contribution in [0.2, 0.25) is 0 Å². The van der Waals surface area contributed by atoms with Crippen molar-refractivity contribution < 1.29 is 0 Å². The molecule has 0 bridgehead atoms. The van der Waals surface area contributed by atoms with Crippen LogP contribution in [0.25, 0.3) is 0 Å². The second-order valence-corrected chi connectivity index (χ2v) is 4.10. The van der Waals surface area contributed by atoms with Crippen molar-refractivity contribution in [3.8, 4) is 0 Å². The molecule has 0 saturated carbocycles. The van der Waals surface area contributed by atoms with Crippen molar-refractivity contribution in [1.82, 2.24) is 0 Å². The first-order valence-corrected chi connectivity index (χ1v) is 5.07. The highest BCUT2D eigenvalue weighted by Crippen LogP contribution is 2.29. The molecule has 1 aliphatic heterocycles. The molecule has 0 amide bonds. The van der Waals surface area contributed by atoms with Gasteiger partial charge in [0.25, 0.3) is 0 Å². The quantitative estimate of drug-likeness (QED) is 0.642. The number of rotatable bonds is 1. The number of benzene rings is 1. The van der Waals surface area contributed by atoms with E-state index >= 15 is 0 Å². The summed E-state index contributed by atoms with van der Waals surface area (Å²) in [5.41, 5.74) is 1.34. The molecule has 62 valence electrons. The average molecular weight is 177 g/mol. The maximum atomic E-state index is 4.54. The molecule has 0 aliphatic carbocycles. The minimum Gasteiger partial charge on any atom is -0.274 e. The first-order chi connectivity index (χ1) is 5.86. The lowest BCUT2D eigenvalue weighted by atomic mass is 10.1. The fraction of sp³-hybridized carbons (Fsp3) is 0.300. The molecule has 0 aromatic heterocycles. The van der Waals surface area contributed by atoms with Crippen molar-refractivity contribution in [1.29, 1.82) is 0 Å². The summed E-state index contributed by atoms with van der Waals surface area (Å²) in [6, 6.07) is 10.9. The van der Waals surface area contributed by atoms with E-state index in [1.807, 2.05) is 17.8 Å². The van der Waals surface area contributed by atoms with E-state index in [1.54, 1.807) is 0 Å². The van der Waals surface area contributed by atoms with Crippen LogP contribution in [0.5, 0.6) is 0 Å². The third-order valence-electron chi connectivity index (χ3n) is 1.97. The van der Waals surface area contributed by atoms with E-state index in [2.05, 4.69) is 36.2 Å². The fourth-order valence-electron chi connectivity index (χ4n) is 1.34. The largest absolute Gasteiger partial charge is 0.274 e. The Morgan fingerprint density at radius 1 is 1.33 bits per heavy atom. The van der Waals surface area contributed by atoms with Gasteiger partial charge in [-0.1, -0.05) is 30.3 Å². The average Bonchev–Trinajstić information content (AvgIpc) is 2.54. The number of thioether (sulfide) groups is 1. The van der Waals surface area contributed by atoms with Gasteiger partial charge >= 0.3 is 0 Å².